The van der Waals surface area contributed by atoms with Crippen molar-refractivity contribution in [3.63, 3.8) is 0 Å². The molecule has 0 saturated carbocycles. The van der Waals surface area contributed by atoms with Gasteiger partial charge in [-0.2, -0.15) is 0 Å². The van der Waals surface area contributed by atoms with Crippen LogP contribution < -0.4 is 15.0 Å². The Hall–Kier alpha value is -1.55. The molecule has 1 atom stereocenters. The summed E-state index contributed by atoms with van der Waals surface area (Å²) in [6.45, 7) is 7.75. The smallest absolute Gasteiger partial charge is 0.264 e. The topological polar surface area (TPSA) is 41.6 Å². The van der Waals surface area contributed by atoms with Gasteiger partial charge in [-0.25, -0.2) is 0 Å². The van der Waals surface area contributed by atoms with E-state index in [-0.39, 0.29) is 12.5 Å². The highest BCUT2D eigenvalue weighted by molar-refractivity contribution is 5.97. The highest BCUT2D eigenvalue weighted by Gasteiger charge is 2.22. The van der Waals surface area contributed by atoms with Crippen molar-refractivity contribution in [1.82, 2.24) is 5.32 Å². The number of amides is 1. The van der Waals surface area contributed by atoms with E-state index < -0.39 is 0 Å². The fourth-order valence-corrected chi connectivity index (χ4v) is 2.31. The fourth-order valence-electron chi connectivity index (χ4n) is 2.31. The van der Waals surface area contributed by atoms with Crippen LogP contribution in [0.15, 0.2) is 18.2 Å². The fraction of sp³-hybridized carbons (Fsp3) is 0.562. The molecule has 0 radical (unpaired) electrons. The maximum atomic E-state index is 11.7. The summed E-state index contributed by atoms with van der Waals surface area (Å²) in [5.74, 6) is 1.44. The molecule has 0 spiro atoms. The molecule has 1 aromatic carbocycles. The first-order chi connectivity index (χ1) is 9.47. The molecule has 20 heavy (non-hydrogen) atoms. The summed E-state index contributed by atoms with van der Waals surface area (Å²) in [5, 5.41) is 3.52. The Balaban J connectivity index is 2.05. The Morgan fingerprint density at radius 1 is 1.35 bits per heavy atom. The molecular weight excluding hydrogens is 252 g/mol. The summed E-state index contributed by atoms with van der Waals surface area (Å²) in [4.78, 5) is 13.3. The van der Waals surface area contributed by atoms with Gasteiger partial charge in [0.05, 0.1) is 5.69 Å². The van der Waals surface area contributed by atoms with Crippen molar-refractivity contribution >= 4 is 11.6 Å². The van der Waals surface area contributed by atoms with Crippen molar-refractivity contribution in [2.24, 2.45) is 5.92 Å². The Labute approximate surface area is 121 Å². The molecule has 1 N–H and O–H groups in total. The van der Waals surface area contributed by atoms with Crippen molar-refractivity contribution in [2.45, 2.75) is 33.2 Å². The molecule has 0 aromatic heterocycles. The van der Waals surface area contributed by atoms with Crippen LogP contribution in [-0.2, 0) is 11.2 Å². The van der Waals surface area contributed by atoms with E-state index in [1.54, 1.807) is 11.9 Å². The summed E-state index contributed by atoms with van der Waals surface area (Å²) in [6.07, 6.45) is 0.946. The van der Waals surface area contributed by atoms with Gasteiger partial charge in [0.2, 0.25) is 0 Å². The molecule has 1 aliphatic rings. The van der Waals surface area contributed by atoms with Gasteiger partial charge in [-0.3, -0.25) is 4.79 Å². The minimum absolute atomic E-state index is 0.000584. The molecule has 0 saturated heterocycles. The molecule has 1 unspecified atom stereocenters. The molecule has 4 nitrogen and oxygen atoms in total. The number of hydrogen-bond donors (Lipinski definition) is 1. The average Bonchev–Trinajstić information content (AvgIpc) is 2.41. The van der Waals surface area contributed by atoms with Gasteiger partial charge in [-0.15, -0.1) is 0 Å². The Kier molecular flexibility index (Phi) is 4.65. The van der Waals surface area contributed by atoms with Crippen LogP contribution in [-0.4, -0.2) is 32.1 Å². The van der Waals surface area contributed by atoms with Crippen LogP contribution in [0.2, 0.25) is 0 Å². The SMILES string of the molecule is CC(C)CNC(C)Cc1ccc2c(c1)N(C)C(=O)CO2. The van der Waals surface area contributed by atoms with Crippen LogP contribution in [0.5, 0.6) is 5.75 Å². The second kappa shape index (κ2) is 6.27. The van der Waals surface area contributed by atoms with E-state index in [1.165, 1.54) is 5.56 Å². The summed E-state index contributed by atoms with van der Waals surface area (Å²) in [6, 6.07) is 6.51. The average molecular weight is 276 g/mol. The second-order valence-electron chi connectivity index (χ2n) is 5.95. The van der Waals surface area contributed by atoms with Crippen molar-refractivity contribution in [3.8, 4) is 5.75 Å². The van der Waals surface area contributed by atoms with E-state index in [1.807, 2.05) is 6.07 Å². The van der Waals surface area contributed by atoms with Crippen LogP contribution in [0.25, 0.3) is 0 Å². The number of benzene rings is 1. The highest BCUT2D eigenvalue weighted by Crippen LogP contribution is 2.32. The number of rotatable bonds is 5. The lowest BCUT2D eigenvalue weighted by Gasteiger charge is -2.26. The quantitative estimate of drug-likeness (QED) is 0.896. The molecule has 0 aliphatic carbocycles. The summed E-state index contributed by atoms with van der Waals surface area (Å²) >= 11 is 0. The Morgan fingerprint density at radius 3 is 2.80 bits per heavy atom. The van der Waals surface area contributed by atoms with Crippen LogP contribution in [0, 0.1) is 5.92 Å². The van der Waals surface area contributed by atoms with Crippen LogP contribution >= 0.6 is 0 Å². The van der Waals surface area contributed by atoms with E-state index in [0.717, 1.165) is 24.4 Å². The third-order valence-electron chi connectivity index (χ3n) is 3.53. The first-order valence-corrected chi connectivity index (χ1v) is 7.23. The molecule has 1 aliphatic heterocycles. The van der Waals surface area contributed by atoms with Gasteiger partial charge in [0, 0.05) is 13.1 Å². The molecule has 2 rings (SSSR count). The van der Waals surface area contributed by atoms with Gasteiger partial charge in [0.1, 0.15) is 5.75 Å². The molecule has 1 amide bonds. The molecule has 110 valence electrons. The molecule has 1 aromatic rings. The predicted molar refractivity (Wildman–Crippen MR) is 81.4 cm³/mol. The molecular formula is C16H24N2O2. The zero-order valence-corrected chi connectivity index (χ0v) is 12.8. The molecule has 4 heteroatoms. The van der Waals surface area contributed by atoms with E-state index in [0.29, 0.717) is 12.0 Å². The number of carbonyl (C=O) groups is 1. The van der Waals surface area contributed by atoms with E-state index in [2.05, 4.69) is 38.2 Å². The van der Waals surface area contributed by atoms with Crippen molar-refractivity contribution in [2.75, 3.05) is 25.1 Å². The lowest BCUT2D eigenvalue weighted by Crippen LogP contribution is -2.35. The minimum atomic E-state index is 0.000584. The Morgan fingerprint density at radius 2 is 2.10 bits per heavy atom. The van der Waals surface area contributed by atoms with Gasteiger partial charge >= 0.3 is 0 Å². The van der Waals surface area contributed by atoms with Gasteiger partial charge in [-0.05, 0) is 43.5 Å². The normalized spacial score (nSPS) is 16.1. The number of likely N-dealkylation sites (N-methyl/N-ethyl adjacent to an activating group) is 1. The molecule has 0 bridgehead atoms. The van der Waals surface area contributed by atoms with Gasteiger partial charge < -0.3 is 15.0 Å². The number of hydrogen-bond acceptors (Lipinski definition) is 3. The van der Waals surface area contributed by atoms with Gasteiger partial charge in [0.15, 0.2) is 6.61 Å². The number of ether oxygens (including phenoxy) is 1. The third-order valence-corrected chi connectivity index (χ3v) is 3.53. The van der Waals surface area contributed by atoms with Crippen LogP contribution in [0.1, 0.15) is 26.3 Å². The van der Waals surface area contributed by atoms with E-state index >= 15 is 0 Å². The largest absolute Gasteiger partial charge is 0.482 e. The van der Waals surface area contributed by atoms with Gasteiger partial charge in [-0.1, -0.05) is 19.9 Å². The number of nitrogens with zero attached hydrogens (tertiary/aromatic N) is 1. The van der Waals surface area contributed by atoms with E-state index in [9.17, 15) is 4.79 Å². The first kappa shape index (κ1) is 14.9. The number of anilines is 1. The summed E-state index contributed by atoms with van der Waals surface area (Å²) in [5.41, 5.74) is 2.09. The number of fused-ring (bicyclic) bond motifs is 1. The van der Waals surface area contributed by atoms with E-state index in [4.69, 9.17) is 4.74 Å². The highest BCUT2D eigenvalue weighted by atomic mass is 16.5. The maximum Gasteiger partial charge on any atom is 0.264 e. The van der Waals surface area contributed by atoms with Crippen molar-refractivity contribution in [1.29, 1.82) is 0 Å². The van der Waals surface area contributed by atoms with Crippen LogP contribution in [0.3, 0.4) is 0 Å². The van der Waals surface area contributed by atoms with Crippen molar-refractivity contribution in [3.05, 3.63) is 23.8 Å². The van der Waals surface area contributed by atoms with Gasteiger partial charge in [0.25, 0.3) is 5.91 Å². The third kappa shape index (κ3) is 3.51. The standard InChI is InChI=1S/C16H24N2O2/c1-11(2)9-17-12(3)7-13-5-6-15-14(8-13)18(4)16(19)10-20-15/h5-6,8,11-12,17H,7,9-10H2,1-4H3. The lowest BCUT2D eigenvalue weighted by molar-refractivity contribution is -0.120. The summed E-state index contributed by atoms with van der Waals surface area (Å²) < 4.78 is 5.44. The monoisotopic (exact) mass is 276 g/mol. The minimum Gasteiger partial charge on any atom is -0.482 e. The maximum absolute atomic E-state index is 11.7. The van der Waals surface area contributed by atoms with Crippen LogP contribution in [0.4, 0.5) is 5.69 Å². The zero-order chi connectivity index (χ0) is 14.7. The first-order valence-electron chi connectivity index (χ1n) is 7.23. The second-order valence-corrected chi connectivity index (χ2v) is 5.95. The lowest BCUT2D eigenvalue weighted by atomic mass is 10.0. The summed E-state index contributed by atoms with van der Waals surface area (Å²) in [7, 11) is 1.80. The number of nitrogens with one attached hydrogen (secondary N) is 1. The zero-order valence-electron chi connectivity index (χ0n) is 12.8. The Bertz CT molecular complexity index is 485. The van der Waals surface area contributed by atoms with Crippen molar-refractivity contribution < 1.29 is 9.53 Å². The molecule has 0 fully saturated rings. The molecule has 1 heterocycles. The number of carbonyl (C=O) groups excluding carboxylic acids is 1. The predicted octanol–water partition coefficient (Wildman–Crippen LogP) is 2.22.